The highest BCUT2D eigenvalue weighted by atomic mass is 19.1. The van der Waals surface area contributed by atoms with Crippen molar-refractivity contribution in [2.75, 3.05) is 32.7 Å². The Morgan fingerprint density at radius 3 is 2.19 bits per heavy atom. The Bertz CT molecular complexity index is 676. The van der Waals surface area contributed by atoms with Crippen LogP contribution in [0.5, 0.6) is 0 Å². The van der Waals surface area contributed by atoms with Crippen LogP contribution in [0.3, 0.4) is 0 Å². The van der Waals surface area contributed by atoms with Crippen LogP contribution in [0, 0.1) is 28.5 Å². The number of halogens is 1. The molecule has 0 heterocycles. The highest BCUT2D eigenvalue weighted by Gasteiger charge is 2.18. The van der Waals surface area contributed by atoms with E-state index in [1.807, 2.05) is 19.1 Å². The first-order valence-corrected chi connectivity index (χ1v) is 8.75. The number of carbonyl (C=O) groups excluding carboxylic acids is 2. The molecule has 0 saturated carbocycles. The third kappa shape index (κ3) is 8.80. The average molecular weight is 373 g/mol. The molecule has 0 aliphatic rings. The molecule has 0 atom stereocenters. The zero-order chi connectivity index (χ0) is 20.1. The zero-order valence-corrected chi connectivity index (χ0v) is 15.4. The van der Waals surface area contributed by atoms with E-state index < -0.39 is 0 Å². The van der Waals surface area contributed by atoms with Crippen molar-refractivity contribution in [1.82, 2.24) is 15.1 Å². The standard InChI is InChI=1S/C19H24FN5O2/c1-2-24(15-19(27)25(11-3-9-21)12-4-10-22)14-18(26)23-13-16-5-7-17(20)8-6-16/h5-8H,2-4,11-15H2,1H3,(H,23,26). The van der Waals surface area contributed by atoms with Crippen LogP contribution in [0.4, 0.5) is 4.39 Å². The van der Waals surface area contributed by atoms with Crippen LogP contribution in [0.25, 0.3) is 0 Å². The van der Waals surface area contributed by atoms with Gasteiger partial charge < -0.3 is 10.2 Å². The number of carbonyl (C=O) groups is 2. The molecule has 7 nitrogen and oxygen atoms in total. The van der Waals surface area contributed by atoms with Gasteiger partial charge in [-0.15, -0.1) is 0 Å². The van der Waals surface area contributed by atoms with Gasteiger partial charge in [0, 0.05) is 19.6 Å². The number of rotatable bonds is 11. The van der Waals surface area contributed by atoms with Crippen LogP contribution in [-0.4, -0.2) is 54.3 Å². The fourth-order valence-corrected chi connectivity index (χ4v) is 2.36. The minimum absolute atomic E-state index is 0.0390. The van der Waals surface area contributed by atoms with Gasteiger partial charge in [-0.05, 0) is 24.2 Å². The molecule has 2 amide bonds. The predicted molar refractivity (Wildman–Crippen MR) is 97.4 cm³/mol. The molecule has 0 spiro atoms. The van der Waals surface area contributed by atoms with E-state index in [0.717, 1.165) is 5.56 Å². The molecular formula is C19H24FN5O2. The van der Waals surface area contributed by atoms with E-state index >= 15 is 0 Å². The highest BCUT2D eigenvalue weighted by Crippen LogP contribution is 2.02. The molecule has 0 aliphatic heterocycles. The van der Waals surface area contributed by atoms with E-state index in [2.05, 4.69) is 5.32 Å². The zero-order valence-electron chi connectivity index (χ0n) is 15.4. The summed E-state index contributed by atoms with van der Waals surface area (Å²) in [5.74, 6) is -0.790. The van der Waals surface area contributed by atoms with Crippen LogP contribution in [0.2, 0.25) is 0 Å². The number of likely N-dealkylation sites (N-methyl/N-ethyl adjacent to an activating group) is 1. The number of nitriles is 2. The smallest absolute Gasteiger partial charge is 0.236 e. The topological polar surface area (TPSA) is 100 Å². The lowest BCUT2D eigenvalue weighted by Crippen LogP contribution is -2.44. The quantitative estimate of drug-likeness (QED) is 0.632. The molecule has 1 aromatic rings. The fourth-order valence-electron chi connectivity index (χ4n) is 2.36. The van der Waals surface area contributed by atoms with Crippen molar-refractivity contribution < 1.29 is 14.0 Å². The number of hydrogen-bond acceptors (Lipinski definition) is 5. The molecule has 1 aromatic carbocycles. The third-order valence-corrected chi connectivity index (χ3v) is 3.92. The Balaban J connectivity index is 2.51. The lowest BCUT2D eigenvalue weighted by molar-refractivity contribution is -0.133. The fraction of sp³-hybridized carbons (Fsp3) is 0.474. The Labute approximate surface area is 159 Å². The van der Waals surface area contributed by atoms with Crippen molar-refractivity contribution in [2.24, 2.45) is 0 Å². The summed E-state index contributed by atoms with van der Waals surface area (Å²) < 4.78 is 12.9. The molecule has 0 unspecified atom stereocenters. The number of hydrogen-bond donors (Lipinski definition) is 1. The van der Waals surface area contributed by atoms with Crippen molar-refractivity contribution in [1.29, 1.82) is 10.5 Å². The van der Waals surface area contributed by atoms with Crippen molar-refractivity contribution >= 4 is 11.8 Å². The van der Waals surface area contributed by atoms with Gasteiger partial charge in [0.05, 0.1) is 38.1 Å². The monoisotopic (exact) mass is 373 g/mol. The van der Waals surface area contributed by atoms with Gasteiger partial charge in [-0.1, -0.05) is 19.1 Å². The van der Waals surface area contributed by atoms with Gasteiger partial charge in [-0.2, -0.15) is 10.5 Å². The second kappa shape index (κ2) is 12.4. The average Bonchev–Trinajstić information content (AvgIpc) is 2.67. The first-order chi connectivity index (χ1) is 13.0. The Hall–Kier alpha value is -2.97. The number of nitrogens with one attached hydrogen (secondary N) is 1. The summed E-state index contributed by atoms with van der Waals surface area (Å²) in [7, 11) is 0. The summed E-state index contributed by atoms with van der Waals surface area (Å²) in [5, 5.41) is 20.1. The minimum Gasteiger partial charge on any atom is -0.351 e. The Morgan fingerprint density at radius 2 is 1.67 bits per heavy atom. The van der Waals surface area contributed by atoms with Gasteiger partial charge in [0.2, 0.25) is 11.8 Å². The Kier molecular flexibility index (Phi) is 10.1. The summed E-state index contributed by atoms with van der Waals surface area (Å²) in [5.41, 5.74) is 0.781. The maximum atomic E-state index is 12.9. The van der Waals surface area contributed by atoms with E-state index in [-0.39, 0.29) is 63.2 Å². The van der Waals surface area contributed by atoms with Crippen LogP contribution in [-0.2, 0) is 16.1 Å². The summed E-state index contributed by atoms with van der Waals surface area (Å²) in [6.07, 6.45) is 0.392. The van der Waals surface area contributed by atoms with Crippen molar-refractivity contribution in [3.05, 3.63) is 35.6 Å². The normalized spacial score (nSPS) is 10.1. The molecule has 27 heavy (non-hydrogen) atoms. The van der Waals surface area contributed by atoms with Crippen LogP contribution >= 0.6 is 0 Å². The van der Waals surface area contributed by atoms with E-state index in [1.165, 1.54) is 17.0 Å². The minimum atomic E-state index is -0.335. The molecule has 1 N–H and O–H groups in total. The molecule has 0 radical (unpaired) electrons. The number of amides is 2. The lowest BCUT2D eigenvalue weighted by atomic mass is 10.2. The molecule has 0 aliphatic carbocycles. The van der Waals surface area contributed by atoms with Gasteiger partial charge in [0.25, 0.3) is 0 Å². The van der Waals surface area contributed by atoms with Gasteiger partial charge in [0.1, 0.15) is 5.82 Å². The summed E-state index contributed by atoms with van der Waals surface area (Å²) >= 11 is 0. The van der Waals surface area contributed by atoms with Crippen LogP contribution in [0.15, 0.2) is 24.3 Å². The first kappa shape index (κ1) is 22.1. The van der Waals surface area contributed by atoms with Gasteiger partial charge in [0.15, 0.2) is 0 Å². The van der Waals surface area contributed by atoms with Crippen molar-refractivity contribution in [3.63, 3.8) is 0 Å². The molecule has 0 saturated heterocycles. The predicted octanol–water partition coefficient (Wildman–Crippen LogP) is 1.42. The van der Waals surface area contributed by atoms with E-state index in [1.54, 1.807) is 17.0 Å². The second-order valence-corrected chi connectivity index (χ2v) is 5.90. The molecule has 1 rings (SSSR count). The van der Waals surface area contributed by atoms with Crippen molar-refractivity contribution in [2.45, 2.75) is 26.3 Å². The maximum Gasteiger partial charge on any atom is 0.236 e. The molecule has 8 heteroatoms. The summed E-state index contributed by atoms with van der Waals surface area (Å²) in [6, 6.07) is 9.82. The summed E-state index contributed by atoms with van der Waals surface area (Å²) in [4.78, 5) is 27.7. The molecule has 0 aromatic heterocycles. The molecular weight excluding hydrogens is 349 g/mol. The van der Waals surface area contributed by atoms with E-state index in [4.69, 9.17) is 10.5 Å². The van der Waals surface area contributed by atoms with Crippen molar-refractivity contribution in [3.8, 4) is 12.1 Å². The molecule has 144 valence electrons. The number of nitrogens with zero attached hydrogens (tertiary/aromatic N) is 4. The lowest BCUT2D eigenvalue weighted by Gasteiger charge is -2.25. The van der Waals surface area contributed by atoms with Gasteiger partial charge in [-0.3, -0.25) is 14.5 Å². The third-order valence-electron chi connectivity index (χ3n) is 3.92. The van der Waals surface area contributed by atoms with Gasteiger partial charge in [-0.25, -0.2) is 4.39 Å². The molecule has 0 fully saturated rings. The van der Waals surface area contributed by atoms with E-state index in [9.17, 15) is 14.0 Å². The van der Waals surface area contributed by atoms with E-state index in [0.29, 0.717) is 6.54 Å². The van der Waals surface area contributed by atoms with Crippen LogP contribution < -0.4 is 5.32 Å². The first-order valence-electron chi connectivity index (χ1n) is 8.75. The largest absolute Gasteiger partial charge is 0.351 e. The highest BCUT2D eigenvalue weighted by molar-refractivity contribution is 5.81. The summed E-state index contributed by atoms with van der Waals surface area (Å²) in [6.45, 7) is 3.25. The molecule has 0 bridgehead atoms. The Morgan fingerprint density at radius 1 is 1.07 bits per heavy atom. The maximum absolute atomic E-state index is 12.9. The van der Waals surface area contributed by atoms with Crippen LogP contribution in [0.1, 0.15) is 25.3 Å². The SMILES string of the molecule is CCN(CC(=O)NCc1ccc(F)cc1)CC(=O)N(CCC#N)CCC#N. The van der Waals surface area contributed by atoms with Gasteiger partial charge >= 0.3 is 0 Å². The second-order valence-electron chi connectivity index (χ2n) is 5.90. The number of benzene rings is 1.